The molecule has 0 saturated carbocycles. The Morgan fingerprint density at radius 3 is 1.36 bits per heavy atom. The topological polar surface area (TPSA) is 135 Å². The lowest BCUT2D eigenvalue weighted by Gasteiger charge is -2.34. The summed E-state index contributed by atoms with van der Waals surface area (Å²) in [6.45, 7) is 19.7. The standard InChI is InChI=1S/C18H26N4O2.C16H24BrNO2/c1-13(2)24-16(23)18(19,12-17(3,4)5)14-6-8-15(9-7-14)22-20-10-11-21-22;1-11(2)20-14(19)16(18,10-15(3,4)5)12-6-8-13(17)9-7-12/h6-11,13H,12,19H2,1-5H3;6-9,11H,10,18H2,1-5H3/t18-;16-/m11/s1. The van der Waals surface area contributed by atoms with Gasteiger partial charge in [-0.15, -0.1) is 0 Å². The fourth-order valence-corrected chi connectivity index (χ4v) is 5.15. The lowest BCUT2D eigenvalue weighted by atomic mass is 9.76. The minimum atomic E-state index is -1.20. The van der Waals surface area contributed by atoms with Gasteiger partial charge in [0.05, 0.1) is 30.3 Å². The maximum atomic E-state index is 12.7. The molecule has 2 aromatic carbocycles. The molecule has 0 fully saturated rings. The van der Waals surface area contributed by atoms with Crippen molar-refractivity contribution in [2.24, 2.45) is 22.3 Å². The van der Waals surface area contributed by atoms with E-state index in [-0.39, 0.29) is 29.0 Å². The van der Waals surface area contributed by atoms with Crippen LogP contribution in [0.3, 0.4) is 0 Å². The molecule has 0 spiro atoms. The van der Waals surface area contributed by atoms with E-state index in [2.05, 4.69) is 67.7 Å². The van der Waals surface area contributed by atoms with Gasteiger partial charge in [0.2, 0.25) is 0 Å². The molecule has 0 saturated heterocycles. The van der Waals surface area contributed by atoms with Crippen LogP contribution in [-0.4, -0.2) is 39.1 Å². The number of benzene rings is 2. The first kappa shape index (κ1) is 37.1. The highest BCUT2D eigenvalue weighted by atomic mass is 79.9. The van der Waals surface area contributed by atoms with E-state index >= 15 is 0 Å². The van der Waals surface area contributed by atoms with Gasteiger partial charge in [0.25, 0.3) is 0 Å². The number of carbonyl (C=O) groups is 2. The average molecular weight is 673 g/mol. The van der Waals surface area contributed by atoms with Crippen LogP contribution in [0.2, 0.25) is 0 Å². The summed E-state index contributed by atoms with van der Waals surface area (Å²) in [6, 6.07) is 14.9. The Morgan fingerprint density at radius 1 is 0.705 bits per heavy atom. The zero-order valence-corrected chi connectivity index (χ0v) is 29.4. The summed E-state index contributed by atoms with van der Waals surface area (Å²) in [5.74, 6) is -0.776. The highest BCUT2D eigenvalue weighted by Gasteiger charge is 2.42. The number of esters is 2. The summed E-state index contributed by atoms with van der Waals surface area (Å²) in [6.07, 6.45) is 3.83. The first-order valence-electron chi connectivity index (χ1n) is 14.9. The number of halogens is 1. The zero-order valence-electron chi connectivity index (χ0n) is 27.8. The Morgan fingerprint density at radius 2 is 1.05 bits per heavy atom. The second-order valence-electron chi connectivity index (χ2n) is 14.2. The predicted molar refractivity (Wildman–Crippen MR) is 178 cm³/mol. The quantitative estimate of drug-likeness (QED) is 0.237. The highest BCUT2D eigenvalue weighted by molar-refractivity contribution is 9.10. The zero-order chi connectivity index (χ0) is 33.5. The molecule has 0 unspecified atom stereocenters. The summed E-state index contributed by atoms with van der Waals surface area (Å²) < 4.78 is 11.7. The number of carbonyl (C=O) groups excluding carboxylic acids is 2. The number of aromatic nitrogens is 3. The third-order valence-corrected chi connectivity index (χ3v) is 6.95. The Labute approximate surface area is 271 Å². The van der Waals surface area contributed by atoms with Gasteiger partial charge in [-0.2, -0.15) is 15.0 Å². The third kappa shape index (κ3) is 10.8. The van der Waals surface area contributed by atoms with Crippen molar-refractivity contribution < 1.29 is 19.1 Å². The second-order valence-corrected chi connectivity index (χ2v) is 15.1. The number of ether oxygens (including phenoxy) is 2. The molecule has 0 bridgehead atoms. The number of nitrogens with zero attached hydrogens (tertiary/aromatic N) is 3. The van der Waals surface area contributed by atoms with E-state index in [9.17, 15) is 9.59 Å². The molecule has 0 aliphatic rings. The molecule has 0 aliphatic carbocycles. The van der Waals surface area contributed by atoms with Crippen molar-refractivity contribution in [2.75, 3.05) is 0 Å². The maximum Gasteiger partial charge on any atom is 0.331 e. The fourth-order valence-electron chi connectivity index (χ4n) is 4.88. The molecule has 0 amide bonds. The van der Waals surface area contributed by atoms with E-state index in [1.165, 1.54) is 4.80 Å². The molecule has 3 aromatic rings. The van der Waals surface area contributed by atoms with Gasteiger partial charge in [0.1, 0.15) is 11.1 Å². The van der Waals surface area contributed by atoms with Gasteiger partial charge in [0.15, 0.2) is 0 Å². The number of nitrogens with two attached hydrogens (primary N) is 2. The van der Waals surface area contributed by atoms with Crippen LogP contribution >= 0.6 is 15.9 Å². The Bertz CT molecular complexity index is 1340. The summed E-state index contributed by atoms with van der Waals surface area (Å²) in [7, 11) is 0. The lowest BCUT2D eigenvalue weighted by Crippen LogP contribution is -2.49. The molecule has 2 atom stereocenters. The van der Waals surface area contributed by atoms with Gasteiger partial charge >= 0.3 is 11.9 Å². The highest BCUT2D eigenvalue weighted by Crippen LogP contribution is 2.36. The first-order valence-corrected chi connectivity index (χ1v) is 15.7. The molecule has 1 aromatic heterocycles. The summed E-state index contributed by atoms with van der Waals surface area (Å²) in [4.78, 5) is 26.7. The molecule has 44 heavy (non-hydrogen) atoms. The Balaban J connectivity index is 0.000000312. The molecular weight excluding hydrogens is 622 g/mol. The summed E-state index contributed by atoms with van der Waals surface area (Å²) in [5, 5.41) is 8.19. The van der Waals surface area contributed by atoms with Crippen LogP contribution in [0.15, 0.2) is 65.4 Å². The van der Waals surface area contributed by atoms with Crippen LogP contribution in [0.5, 0.6) is 0 Å². The summed E-state index contributed by atoms with van der Waals surface area (Å²) >= 11 is 3.39. The molecule has 9 nitrogen and oxygen atoms in total. The van der Waals surface area contributed by atoms with E-state index < -0.39 is 17.0 Å². The van der Waals surface area contributed by atoms with E-state index in [0.717, 1.165) is 21.3 Å². The smallest absolute Gasteiger partial charge is 0.331 e. The van der Waals surface area contributed by atoms with Crippen molar-refractivity contribution in [1.82, 2.24) is 15.0 Å². The predicted octanol–water partition coefficient (Wildman–Crippen LogP) is 6.80. The van der Waals surface area contributed by atoms with Crippen LogP contribution in [0, 0.1) is 10.8 Å². The average Bonchev–Trinajstić information content (AvgIpc) is 3.42. The molecule has 3 rings (SSSR count). The Hall–Kier alpha value is -3.08. The number of hydrogen-bond acceptors (Lipinski definition) is 8. The van der Waals surface area contributed by atoms with Gasteiger partial charge in [-0.3, -0.25) is 0 Å². The van der Waals surface area contributed by atoms with Crippen molar-refractivity contribution in [2.45, 2.75) is 105 Å². The molecule has 242 valence electrons. The molecular formula is C34H50BrN5O4. The van der Waals surface area contributed by atoms with Crippen molar-refractivity contribution in [3.05, 3.63) is 76.5 Å². The third-order valence-electron chi connectivity index (χ3n) is 6.42. The molecule has 10 heteroatoms. The van der Waals surface area contributed by atoms with Crippen LogP contribution in [0.1, 0.15) is 93.2 Å². The lowest BCUT2D eigenvalue weighted by molar-refractivity contribution is -0.156. The molecule has 1 heterocycles. The van der Waals surface area contributed by atoms with Crippen molar-refractivity contribution in [3.8, 4) is 5.69 Å². The largest absolute Gasteiger partial charge is 0.461 e. The second kappa shape index (κ2) is 14.8. The fraction of sp³-hybridized carbons (Fsp3) is 0.529. The summed E-state index contributed by atoms with van der Waals surface area (Å²) in [5.41, 5.74) is 12.8. The number of hydrogen-bond donors (Lipinski definition) is 2. The van der Waals surface area contributed by atoms with E-state index in [0.29, 0.717) is 12.8 Å². The minimum Gasteiger partial charge on any atom is -0.461 e. The van der Waals surface area contributed by atoms with Gasteiger partial charge in [-0.1, -0.05) is 81.7 Å². The van der Waals surface area contributed by atoms with Crippen LogP contribution in [0.25, 0.3) is 5.69 Å². The van der Waals surface area contributed by atoms with E-state index in [1.807, 2.05) is 76.2 Å². The van der Waals surface area contributed by atoms with Crippen LogP contribution in [-0.2, 0) is 30.1 Å². The minimum absolute atomic E-state index is 0.0855. The van der Waals surface area contributed by atoms with E-state index in [4.69, 9.17) is 20.9 Å². The molecule has 0 aliphatic heterocycles. The van der Waals surface area contributed by atoms with Crippen LogP contribution < -0.4 is 11.5 Å². The number of rotatable bonds is 9. The SMILES string of the molecule is CC(C)OC(=O)[C@@](N)(CC(C)(C)C)c1ccc(-n2nccn2)cc1.CC(C)OC(=O)[C@@](N)(CC(C)(C)C)c1ccc(Br)cc1. The van der Waals surface area contributed by atoms with Crippen molar-refractivity contribution >= 4 is 27.9 Å². The molecule has 0 radical (unpaired) electrons. The normalized spacial score (nSPS) is 14.7. The van der Waals surface area contributed by atoms with Crippen LogP contribution in [0.4, 0.5) is 0 Å². The van der Waals surface area contributed by atoms with E-state index in [1.54, 1.807) is 12.4 Å². The van der Waals surface area contributed by atoms with Gasteiger partial charge in [-0.25, -0.2) is 9.59 Å². The van der Waals surface area contributed by atoms with Gasteiger partial charge in [-0.05, 0) is 86.8 Å². The van der Waals surface area contributed by atoms with Crippen molar-refractivity contribution in [1.29, 1.82) is 0 Å². The first-order chi connectivity index (χ1) is 20.2. The Kier molecular flexibility index (Phi) is 12.5. The van der Waals surface area contributed by atoms with Gasteiger partial charge < -0.3 is 20.9 Å². The maximum absolute atomic E-state index is 12.7. The van der Waals surface area contributed by atoms with Crippen molar-refractivity contribution in [3.63, 3.8) is 0 Å². The molecule has 4 N–H and O–H groups in total. The van der Waals surface area contributed by atoms with Gasteiger partial charge in [0, 0.05) is 4.47 Å². The monoisotopic (exact) mass is 671 g/mol.